The number of primary amides is 1. The number of nitrogens with zero attached hydrogens (tertiary/aromatic N) is 1. The number of nitrogens with one attached hydrogen (secondary N) is 1. The van der Waals surface area contributed by atoms with Crippen LogP contribution in [0.5, 0.6) is 0 Å². The number of aromatic nitrogens is 1. The topological polar surface area (TPSA) is 108 Å². The Morgan fingerprint density at radius 1 is 1.19 bits per heavy atom. The molecule has 0 saturated carbocycles. The van der Waals surface area contributed by atoms with Crippen LogP contribution in [0, 0.1) is 5.82 Å². The lowest BCUT2D eigenvalue weighted by Gasteiger charge is -2.18. The van der Waals surface area contributed by atoms with Gasteiger partial charge in [0.2, 0.25) is 0 Å². The van der Waals surface area contributed by atoms with Crippen LogP contribution in [-0.4, -0.2) is 27.3 Å². The zero-order valence-electron chi connectivity index (χ0n) is 16.9. The molecule has 0 radical (unpaired) electrons. The fourth-order valence-electron chi connectivity index (χ4n) is 2.84. The highest BCUT2D eigenvalue weighted by atomic mass is 32.1. The Morgan fingerprint density at radius 3 is 2.38 bits per heavy atom. The number of alkyl halides is 3. The Balaban J connectivity index is 1.92. The van der Waals surface area contributed by atoms with Gasteiger partial charge in [-0.05, 0) is 37.6 Å². The van der Waals surface area contributed by atoms with E-state index in [2.05, 4.69) is 10.3 Å². The summed E-state index contributed by atoms with van der Waals surface area (Å²) in [5.41, 5.74) is 4.31. The largest absolute Gasteiger partial charge is 0.418 e. The van der Waals surface area contributed by atoms with Crippen molar-refractivity contribution in [2.45, 2.75) is 31.7 Å². The molecule has 5 N–H and O–H groups in total. The fourth-order valence-corrected chi connectivity index (χ4v) is 3.94. The molecule has 1 aromatic carbocycles. The molecule has 0 bridgehead atoms. The van der Waals surface area contributed by atoms with Crippen LogP contribution in [0.4, 0.5) is 28.4 Å². The average Bonchev–Trinajstić information content (AvgIpc) is 3.10. The van der Waals surface area contributed by atoms with E-state index < -0.39 is 35.2 Å². The smallest absolute Gasteiger partial charge is 0.386 e. The Morgan fingerprint density at radius 2 is 1.88 bits per heavy atom. The maximum Gasteiger partial charge on any atom is 0.418 e. The van der Waals surface area contributed by atoms with Crippen molar-refractivity contribution in [1.29, 1.82) is 0 Å². The van der Waals surface area contributed by atoms with Crippen molar-refractivity contribution in [3.63, 3.8) is 0 Å². The number of carbonyl (C=O) groups excluding carboxylic acids is 1. The van der Waals surface area contributed by atoms with Crippen molar-refractivity contribution < 1.29 is 32.6 Å². The van der Waals surface area contributed by atoms with Crippen LogP contribution < -0.4 is 11.1 Å². The van der Waals surface area contributed by atoms with Crippen LogP contribution in [0.25, 0.3) is 10.4 Å². The van der Waals surface area contributed by atoms with E-state index in [-0.39, 0.29) is 21.9 Å². The van der Waals surface area contributed by atoms with Gasteiger partial charge in [-0.15, -0.1) is 11.3 Å². The molecule has 1 atom stereocenters. The summed E-state index contributed by atoms with van der Waals surface area (Å²) in [6.07, 6.45) is -6.65. The Bertz CT molecular complexity index is 1140. The van der Waals surface area contributed by atoms with Crippen LogP contribution in [0.2, 0.25) is 0 Å². The van der Waals surface area contributed by atoms with Gasteiger partial charge in [0.25, 0.3) is 5.91 Å². The fraction of sp³-hybridized carbons (Fsp3) is 0.238. The van der Waals surface area contributed by atoms with E-state index in [9.17, 15) is 32.6 Å². The third-order valence-electron chi connectivity index (χ3n) is 4.59. The molecular weight excluding hydrogens is 450 g/mol. The zero-order chi connectivity index (χ0) is 23.8. The molecule has 0 saturated heterocycles. The second-order valence-electron chi connectivity index (χ2n) is 7.52. The first-order valence-electron chi connectivity index (χ1n) is 9.21. The van der Waals surface area contributed by atoms with Gasteiger partial charge in [-0.2, -0.15) is 13.2 Å². The average molecular weight is 469 g/mol. The predicted octanol–water partition coefficient (Wildman–Crippen LogP) is 4.61. The number of benzene rings is 1. The molecule has 3 rings (SSSR count). The van der Waals surface area contributed by atoms with Crippen LogP contribution >= 0.6 is 11.3 Å². The number of thiophene rings is 1. The maximum absolute atomic E-state index is 14.7. The minimum absolute atomic E-state index is 0.0390. The third-order valence-corrected chi connectivity index (χ3v) is 5.68. The summed E-state index contributed by atoms with van der Waals surface area (Å²) in [6.45, 7) is 3.04. The number of anilines is 2. The Labute approximate surface area is 184 Å². The van der Waals surface area contributed by atoms with Gasteiger partial charge in [0.05, 0.1) is 11.2 Å². The van der Waals surface area contributed by atoms with Gasteiger partial charge in [-0.25, -0.2) is 9.37 Å². The van der Waals surface area contributed by atoms with Gasteiger partial charge in [0, 0.05) is 22.2 Å². The highest BCUT2D eigenvalue weighted by Crippen LogP contribution is 2.39. The first kappa shape index (κ1) is 23.6. The number of aliphatic hydroxyl groups is 2. The van der Waals surface area contributed by atoms with E-state index in [4.69, 9.17) is 5.73 Å². The molecule has 0 fully saturated rings. The molecule has 0 aliphatic heterocycles. The summed E-state index contributed by atoms with van der Waals surface area (Å²) in [6, 6.07) is 7.85. The van der Waals surface area contributed by atoms with E-state index in [0.29, 0.717) is 10.4 Å². The summed E-state index contributed by atoms with van der Waals surface area (Å²) >= 11 is 0.994. The van der Waals surface area contributed by atoms with Crippen LogP contribution in [0.3, 0.4) is 0 Å². The molecule has 11 heteroatoms. The summed E-state index contributed by atoms with van der Waals surface area (Å²) in [5.74, 6) is -1.32. The molecular formula is C21H19F4N3O3S. The van der Waals surface area contributed by atoms with Crippen LogP contribution in [-0.2, 0) is 5.60 Å². The molecule has 2 heterocycles. The van der Waals surface area contributed by atoms with Crippen molar-refractivity contribution in [3.8, 4) is 10.4 Å². The second-order valence-corrected chi connectivity index (χ2v) is 8.57. The highest BCUT2D eigenvalue weighted by Gasteiger charge is 2.39. The zero-order valence-corrected chi connectivity index (χ0v) is 17.7. The summed E-state index contributed by atoms with van der Waals surface area (Å²) in [7, 11) is 0. The molecule has 3 aromatic rings. The number of hydrogen-bond acceptors (Lipinski definition) is 6. The van der Waals surface area contributed by atoms with Crippen LogP contribution in [0.1, 0.15) is 41.4 Å². The SMILES string of the molecule is CC(C)(O)c1ccc(-c2cc(C(N)=O)c(Nc3ccc(C(O)C(F)(F)F)cn3)s2)c(F)c1. The lowest BCUT2D eigenvalue weighted by atomic mass is 9.96. The van der Waals surface area contributed by atoms with Crippen molar-refractivity contribution in [2.75, 3.05) is 5.32 Å². The molecule has 32 heavy (non-hydrogen) atoms. The highest BCUT2D eigenvalue weighted by molar-refractivity contribution is 7.19. The van der Waals surface area contributed by atoms with Crippen LogP contribution in [0.15, 0.2) is 42.6 Å². The molecule has 6 nitrogen and oxygen atoms in total. The van der Waals surface area contributed by atoms with E-state index >= 15 is 0 Å². The quantitative estimate of drug-likeness (QED) is 0.394. The van der Waals surface area contributed by atoms with Gasteiger partial charge >= 0.3 is 6.18 Å². The molecule has 1 unspecified atom stereocenters. The minimum Gasteiger partial charge on any atom is -0.386 e. The normalized spacial score (nSPS) is 13.1. The Kier molecular flexibility index (Phi) is 6.27. The second kappa shape index (κ2) is 8.49. The molecule has 0 aliphatic carbocycles. The third kappa shape index (κ3) is 5.06. The number of halogens is 4. The van der Waals surface area contributed by atoms with Crippen molar-refractivity contribution >= 4 is 28.1 Å². The Hall–Kier alpha value is -3.02. The number of pyridine rings is 1. The number of amides is 1. The van der Waals surface area contributed by atoms with Crippen molar-refractivity contribution in [1.82, 2.24) is 4.98 Å². The number of nitrogens with two attached hydrogens (primary N) is 1. The first-order valence-corrected chi connectivity index (χ1v) is 10.0. The molecule has 1 amide bonds. The minimum atomic E-state index is -4.83. The number of aliphatic hydroxyl groups excluding tert-OH is 1. The summed E-state index contributed by atoms with van der Waals surface area (Å²) < 4.78 is 52.6. The number of rotatable bonds is 6. The number of hydrogen-bond donors (Lipinski definition) is 4. The molecule has 170 valence electrons. The van der Waals surface area contributed by atoms with E-state index in [1.165, 1.54) is 38.1 Å². The summed E-state index contributed by atoms with van der Waals surface area (Å²) in [5, 5.41) is 22.3. The molecule has 2 aromatic heterocycles. The van der Waals surface area contributed by atoms with E-state index in [1.54, 1.807) is 6.07 Å². The monoisotopic (exact) mass is 469 g/mol. The molecule has 0 spiro atoms. The van der Waals surface area contributed by atoms with Gasteiger partial charge in [-0.1, -0.05) is 18.2 Å². The van der Waals surface area contributed by atoms with E-state index in [1.807, 2.05) is 0 Å². The van der Waals surface area contributed by atoms with Gasteiger partial charge in [0.15, 0.2) is 6.10 Å². The van der Waals surface area contributed by atoms with Gasteiger partial charge in [0.1, 0.15) is 16.6 Å². The van der Waals surface area contributed by atoms with Crippen molar-refractivity contribution in [3.05, 3.63) is 65.1 Å². The summed E-state index contributed by atoms with van der Waals surface area (Å²) in [4.78, 5) is 16.1. The lowest BCUT2D eigenvalue weighted by molar-refractivity contribution is -0.206. The predicted molar refractivity (Wildman–Crippen MR) is 112 cm³/mol. The maximum atomic E-state index is 14.7. The van der Waals surface area contributed by atoms with Gasteiger partial charge in [-0.3, -0.25) is 4.79 Å². The standard InChI is InChI=1S/C21H19F4N3O3S/c1-20(2,31)11-4-5-12(14(22)7-11)15-8-13(18(26)30)19(32-15)28-16-6-3-10(9-27-16)17(29)21(23,24)25/h3-9,17,29,31H,1-2H3,(H2,26,30)(H,27,28). The number of carbonyl (C=O) groups is 1. The molecule has 0 aliphatic rings. The van der Waals surface area contributed by atoms with E-state index in [0.717, 1.165) is 23.6 Å². The first-order chi connectivity index (χ1) is 14.8. The van der Waals surface area contributed by atoms with Crippen molar-refractivity contribution in [2.24, 2.45) is 5.73 Å². The lowest BCUT2D eigenvalue weighted by Crippen LogP contribution is -2.20. The van der Waals surface area contributed by atoms with Gasteiger partial charge < -0.3 is 21.3 Å².